The molecule has 7 heteroatoms. The molecule has 0 bridgehead atoms. The molecule has 0 spiro atoms. The Balaban J connectivity index is 1.79. The fourth-order valence-electron chi connectivity index (χ4n) is 3.55. The van der Waals surface area contributed by atoms with Crippen LogP contribution in [0.25, 0.3) is 0 Å². The van der Waals surface area contributed by atoms with Crippen molar-refractivity contribution in [1.29, 1.82) is 0 Å². The van der Waals surface area contributed by atoms with Gasteiger partial charge in [-0.25, -0.2) is 8.42 Å². The van der Waals surface area contributed by atoms with Crippen LogP contribution in [-0.4, -0.2) is 74.0 Å². The van der Waals surface area contributed by atoms with Crippen LogP contribution in [0.4, 0.5) is 0 Å². The molecule has 24 heavy (non-hydrogen) atoms. The van der Waals surface area contributed by atoms with Crippen LogP contribution in [0.2, 0.25) is 0 Å². The zero-order chi connectivity index (χ0) is 17.2. The molecule has 6 nitrogen and oxygen atoms in total. The van der Waals surface area contributed by atoms with Gasteiger partial charge in [0.1, 0.15) is 6.04 Å². The lowest BCUT2D eigenvalue weighted by molar-refractivity contribution is -0.136. The number of sulfonamides is 1. The molecule has 0 aromatic heterocycles. The zero-order valence-electron chi connectivity index (χ0n) is 14.1. The third-order valence-corrected chi connectivity index (χ3v) is 6.18. The van der Waals surface area contributed by atoms with E-state index in [4.69, 9.17) is 0 Å². The predicted octanol–water partition coefficient (Wildman–Crippen LogP) is 0.927. The van der Waals surface area contributed by atoms with Gasteiger partial charge in [-0.3, -0.25) is 9.69 Å². The van der Waals surface area contributed by atoms with Crippen molar-refractivity contribution in [3.63, 3.8) is 0 Å². The van der Waals surface area contributed by atoms with E-state index < -0.39 is 10.0 Å². The van der Waals surface area contributed by atoms with Crippen LogP contribution in [0.5, 0.6) is 0 Å². The first kappa shape index (κ1) is 17.4. The summed E-state index contributed by atoms with van der Waals surface area (Å²) in [7, 11) is -3.16. The molecule has 1 unspecified atom stereocenters. The van der Waals surface area contributed by atoms with Crippen LogP contribution in [0.1, 0.15) is 24.4 Å². The lowest BCUT2D eigenvalue weighted by atomic mass is 10.0. The van der Waals surface area contributed by atoms with Crippen molar-refractivity contribution in [1.82, 2.24) is 14.1 Å². The third kappa shape index (κ3) is 3.79. The highest BCUT2D eigenvalue weighted by Crippen LogP contribution is 2.26. The SMILES string of the molecule is CS(=O)(=O)N1CCN(C(C(=O)N2CCCC2)c2ccccc2)CC1. The first-order valence-corrected chi connectivity index (χ1v) is 10.3. The quantitative estimate of drug-likeness (QED) is 0.810. The van der Waals surface area contributed by atoms with E-state index in [1.807, 2.05) is 35.2 Å². The van der Waals surface area contributed by atoms with Gasteiger partial charge in [0.2, 0.25) is 15.9 Å². The number of benzene rings is 1. The van der Waals surface area contributed by atoms with E-state index in [-0.39, 0.29) is 11.9 Å². The molecule has 2 fully saturated rings. The Morgan fingerprint density at radius 1 is 0.958 bits per heavy atom. The van der Waals surface area contributed by atoms with E-state index in [1.54, 1.807) is 0 Å². The van der Waals surface area contributed by atoms with Crippen molar-refractivity contribution in [3.8, 4) is 0 Å². The average molecular weight is 351 g/mol. The summed E-state index contributed by atoms with van der Waals surface area (Å²) in [4.78, 5) is 17.1. The van der Waals surface area contributed by atoms with Crippen LogP contribution >= 0.6 is 0 Å². The van der Waals surface area contributed by atoms with Crippen LogP contribution in [0.3, 0.4) is 0 Å². The number of amides is 1. The van der Waals surface area contributed by atoms with Gasteiger partial charge >= 0.3 is 0 Å². The Labute approximate surface area is 144 Å². The maximum atomic E-state index is 13.1. The topological polar surface area (TPSA) is 60.9 Å². The molecule has 1 aromatic rings. The van der Waals surface area contributed by atoms with Crippen LogP contribution in [0.15, 0.2) is 30.3 Å². The van der Waals surface area contributed by atoms with Gasteiger partial charge in [-0.05, 0) is 18.4 Å². The van der Waals surface area contributed by atoms with E-state index in [9.17, 15) is 13.2 Å². The third-order valence-electron chi connectivity index (χ3n) is 4.87. The molecule has 2 aliphatic rings. The maximum Gasteiger partial charge on any atom is 0.244 e. The Hall–Kier alpha value is -1.44. The molecular formula is C17H25N3O3S. The normalized spacial score (nSPS) is 21.8. The largest absolute Gasteiger partial charge is 0.341 e. The van der Waals surface area contributed by atoms with Crippen molar-refractivity contribution in [2.24, 2.45) is 0 Å². The monoisotopic (exact) mass is 351 g/mol. The fraction of sp³-hybridized carbons (Fsp3) is 0.588. The highest BCUT2D eigenvalue weighted by molar-refractivity contribution is 7.88. The summed E-state index contributed by atoms with van der Waals surface area (Å²) in [6.07, 6.45) is 3.37. The standard InChI is InChI=1S/C17H25N3O3S/c1-24(22,23)20-13-11-18(12-14-20)16(15-7-3-2-4-8-15)17(21)19-9-5-6-10-19/h2-4,7-8,16H,5-6,9-14H2,1H3. The first-order valence-electron chi connectivity index (χ1n) is 8.50. The van der Waals surface area contributed by atoms with Gasteiger partial charge in [-0.1, -0.05) is 30.3 Å². The van der Waals surface area contributed by atoms with Crippen molar-refractivity contribution >= 4 is 15.9 Å². The molecule has 1 aromatic carbocycles. The second kappa shape index (κ2) is 7.21. The van der Waals surface area contributed by atoms with E-state index in [0.29, 0.717) is 26.2 Å². The summed E-state index contributed by atoms with van der Waals surface area (Å²) in [6, 6.07) is 9.51. The summed E-state index contributed by atoms with van der Waals surface area (Å²) in [5.41, 5.74) is 0.988. The molecule has 132 valence electrons. The van der Waals surface area contributed by atoms with Gasteiger partial charge in [0.05, 0.1) is 6.26 Å². The van der Waals surface area contributed by atoms with E-state index in [0.717, 1.165) is 31.5 Å². The van der Waals surface area contributed by atoms with E-state index >= 15 is 0 Å². The maximum absolute atomic E-state index is 13.1. The molecule has 3 rings (SSSR count). The summed E-state index contributed by atoms with van der Waals surface area (Å²) in [5.74, 6) is 0.145. The van der Waals surface area contributed by atoms with Gasteiger partial charge in [-0.2, -0.15) is 4.31 Å². The highest BCUT2D eigenvalue weighted by Gasteiger charge is 2.35. The number of carbonyl (C=O) groups is 1. The molecule has 0 N–H and O–H groups in total. The lowest BCUT2D eigenvalue weighted by Gasteiger charge is -2.39. The Morgan fingerprint density at radius 2 is 1.54 bits per heavy atom. The molecule has 0 saturated carbocycles. The number of hydrogen-bond donors (Lipinski definition) is 0. The minimum Gasteiger partial charge on any atom is -0.341 e. The summed E-state index contributed by atoms with van der Waals surface area (Å²) < 4.78 is 24.9. The molecule has 1 amide bonds. The number of carbonyl (C=O) groups excluding carboxylic acids is 1. The second-order valence-electron chi connectivity index (χ2n) is 6.54. The van der Waals surface area contributed by atoms with Gasteiger partial charge in [0, 0.05) is 39.3 Å². The van der Waals surface area contributed by atoms with E-state index in [2.05, 4.69) is 4.90 Å². The van der Waals surface area contributed by atoms with Crippen molar-refractivity contribution < 1.29 is 13.2 Å². The van der Waals surface area contributed by atoms with Gasteiger partial charge in [0.25, 0.3) is 0 Å². The number of hydrogen-bond acceptors (Lipinski definition) is 4. The predicted molar refractivity (Wildman–Crippen MR) is 93.0 cm³/mol. The minimum absolute atomic E-state index is 0.145. The molecular weight excluding hydrogens is 326 g/mol. The molecule has 2 saturated heterocycles. The number of nitrogens with zero attached hydrogens (tertiary/aromatic N) is 3. The van der Waals surface area contributed by atoms with Gasteiger partial charge in [0.15, 0.2) is 0 Å². The summed E-state index contributed by atoms with van der Waals surface area (Å²) >= 11 is 0. The average Bonchev–Trinajstić information content (AvgIpc) is 3.10. The molecule has 0 aliphatic carbocycles. The zero-order valence-corrected chi connectivity index (χ0v) is 14.9. The van der Waals surface area contributed by atoms with Crippen LogP contribution in [0, 0.1) is 0 Å². The fourth-order valence-corrected chi connectivity index (χ4v) is 4.38. The van der Waals surface area contributed by atoms with Gasteiger partial charge < -0.3 is 4.90 Å². The summed E-state index contributed by atoms with van der Waals surface area (Å²) in [6.45, 7) is 3.68. The lowest BCUT2D eigenvalue weighted by Crippen LogP contribution is -2.52. The minimum atomic E-state index is -3.16. The Bertz CT molecular complexity index is 664. The number of rotatable bonds is 4. The molecule has 2 heterocycles. The Morgan fingerprint density at radius 3 is 2.08 bits per heavy atom. The van der Waals surface area contributed by atoms with Crippen molar-refractivity contribution in [3.05, 3.63) is 35.9 Å². The smallest absolute Gasteiger partial charge is 0.244 e. The van der Waals surface area contributed by atoms with Crippen LogP contribution in [-0.2, 0) is 14.8 Å². The van der Waals surface area contributed by atoms with Crippen molar-refractivity contribution in [2.75, 3.05) is 45.5 Å². The van der Waals surface area contributed by atoms with Crippen molar-refractivity contribution in [2.45, 2.75) is 18.9 Å². The second-order valence-corrected chi connectivity index (χ2v) is 8.53. The van der Waals surface area contributed by atoms with Gasteiger partial charge in [-0.15, -0.1) is 0 Å². The molecule has 2 aliphatic heterocycles. The molecule has 1 atom stereocenters. The number of likely N-dealkylation sites (tertiary alicyclic amines) is 1. The summed E-state index contributed by atoms with van der Waals surface area (Å²) in [5, 5.41) is 0. The Kier molecular flexibility index (Phi) is 5.22. The molecule has 0 radical (unpaired) electrons. The van der Waals surface area contributed by atoms with Crippen LogP contribution < -0.4 is 0 Å². The first-order chi connectivity index (χ1) is 11.5. The number of piperazine rings is 1. The van der Waals surface area contributed by atoms with E-state index in [1.165, 1.54) is 10.6 Å². The highest BCUT2D eigenvalue weighted by atomic mass is 32.2.